The molecule has 1 aromatic heterocycles. The summed E-state index contributed by atoms with van der Waals surface area (Å²) in [6, 6.07) is 16.1. The van der Waals surface area contributed by atoms with Gasteiger partial charge in [0.05, 0.1) is 5.39 Å². The zero-order valence-corrected chi connectivity index (χ0v) is 7.97. The fraction of sp³-hybridized carbons (Fsp3) is 0. The fourth-order valence-corrected chi connectivity index (χ4v) is 1.70. The SMILES string of the molecule is [c]1noc2cccc(-c3ccccc3)c12. The molecule has 1 heterocycles. The molecule has 0 aliphatic carbocycles. The molecule has 0 amide bonds. The smallest absolute Gasteiger partial charge is 0.168 e. The summed E-state index contributed by atoms with van der Waals surface area (Å²) in [6.07, 6.45) is 2.87. The molecule has 0 atom stereocenters. The van der Waals surface area contributed by atoms with E-state index in [0.717, 1.165) is 22.1 Å². The lowest BCUT2D eigenvalue weighted by Crippen LogP contribution is -1.77. The number of rotatable bonds is 1. The lowest BCUT2D eigenvalue weighted by molar-refractivity contribution is 0.454. The average molecular weight is 194 g/mol. The first-order chi connectivity index (χ1) is 7.45. The first-order valence-electron chi connectivity index (χ1n) is 4.77. The van der Waals surface area contributed by atoms with Crippen molar-refractivity contribution in [3.63, 3.8) is 0 Å². The molecule has 0 unspecified atom stereocenters. The van der Waals surface area contributed by atoms with Crippen molar-refractivity contribution in [2.75, 3.05) is 0 Å². The van der Waals surface area contributed by atoms with Gasteiger partial charge in [0.1, 0.15) is 6.20 Å². The Labute approximate surface area is 87.1 Å². The third-order valence-corrected chi connectivity index (χ3v) is 2.41. The number of hydrogen-bond acceptors (Lipinski definition) is 2. The molecule has 2 nitrogen and oxygen atoms in total. The van der Waals surface area contributed by atoms with E-state index in [-0.39, 0.29) is 0 Å². The highest BCUT2D eigenvalue weighted by molar-refractivity contribution is 5.92. The number of benzene rings is 2. The minimum atomic E-state index is 0.774. The third-order valence-electron chi connectivity index (χ3n) is 2.41. The maximum atomic E-state index is 5.07. The van der Waals surface area contributed by atoms with Gasteiger partial charge in [0.25, 0.3) is 0 Å². The zero-order chi connectivity index (χ0) is 10.1. The van der Waals surface area contributed by atoms with Crippen molar-refractivity contribution in [2.45, 2.75) is 0 Å². The summed E-state index contributed by atoms with van der Waals surface area (Å²) < 4.78 is 5.07. The Morgan fingerprint density at radius 2 is 1.80 bits per heavy atom. The normalized spacial score (nSPS) is 10.7. The van der Waals surface area contributed by atoms with E-state index in [1.807, 2.05) is 36.4 Å². The van der Waals surface area contributed by atoms with Crippen LogP contribution in [0.15, 0.2) is 53.1 Å². The van der Waals surface area contributed by atoms with Crippen LogP contribution in [0.4, 0.5) is 0 Å². The maximum absolute atomic E-state index is 5.07. The Bertz CT molecular complexity index is 584. The van der Waals surface area contributed by atoms with Crippen LogP contribution in [0.25, 0.3) is 22.1 Å². The van der Waals surface area contributed by atoms with Gasteiger partial charge in [-0.3, -0.25) is 0 Å². The second kappa shape index (κ2) is 3.24. The topological polar surface area (TPSA) is 26.0 Å². The highest BCUT2D eigenvalue weighted by Gasteiger charge is 2.05. The average Bonchev–Trinajstić information content (AvgIpc) is 2.78. The van der Waals surface area contributed by atoms with Gasteiger partial charge in [-0.25, -0.2) is 0 Å². The first kappa shape index (κ1) is 8.24. The van der Waals surface area contributed by atoms with Gasteiger partial charge >= 0.3 is 0 Å². The van der Waals surface area contributed by atoms with E-state index in [1.165, 1.54) is 0 Å². The fourth-order valence-electron chi connectivity index (χ4n) is 1.70. The molecule has 0 N–H and O–H groups in total. The van der Waals surface area contributed by atoms with Crippen LogP contribution >= 0.6 is 0 Å². The molecule has 0 saturated heterocycles. The van der Waals surface area contributed by atoms with E-state index in [0.29, 0.717) is 0 Å². The monoisotopic (exact) mass is 194 g/mol. The van der Waals surface area contributed by atoms with Gasteiger partial charge < -0.3 is 4.52 Å². The summed E-state index contributed by atoms with van der Waals surface area (Å²) in [5, 5.41) is 4.62. The van der Waals surface area contributed by atoms with E-state index in [4.69, 9.17) is 4.52 Å². The number of nitrogens with zero attached hydrogens (tertiary/aromatic N) is 1. The maximum Gasteiger partial charge on any atom is 0.168 e. The van der Waals surface area contributed by atoms with Gasteiger partial charge in [-0.1, -0.05) is 47.6 Å². The second-order valence-electron chi connectivity index (χ2n) is 3.34. The molecule has 3 aromatic rings. The molecular weight excluding hydrogens is 186 g/mol. The summed E-state index contributed by atoms with van der Waals surface area (Å²) >= 11 is 0. The van der Waals surface area contributed by atoms with Crippen LogP contribution in [0.1, 0.15) is 0 Å². The van der Waals surface area contributed by atoms with Crippen LogP contribution in [0.5, 0.6) is 0 Å². The van der Waals surface area contributed by atoms with Gasteiger partial charge in [-0.2, -0.15) is 0 Å². The Balaban J connectivity index is 2.31. The van der Waals surface area contributed by atoms with Crippen LogP contribution in [0.2, 0.25) is 0 Å². The van der Waals surface area contributed by atoms with Crippen LogP contribution in [0.3, 0.4) is 0 Å². The molecule has 0 spiro atoms. The van der Waals surface area contributed by atoms with Crippen molar-refractivity contribution < 1.29 is 4.52 Å². The Morgan fingerprint density at radius 3 is 2.67 bits per heavy atom. The Kier molecular flexibility index (Phi) is 1.78. The highest BCUT2D eigenvalue weighted by atomic mass is 16.5. The van der Waals surface area contributed by atoms with Gasteiger partial charge in [0.15, 0.2) is 5.58 Å². The predicted octanol–water partition coefficient (Wildman–Crippen LogP) is 3.29. The summed E-state index contributed by atoms with van der Waals surface area (Å²) in [7, 11) is 0. The summed E-state index contributed by atoms with van der Waals surface area (Å²) in [4.78, 5) is 0. The summed E-state index contributed by atoms with van der Waals surface area (Å²) in [5.41, 5.74) is 3.04. The van der Waals surface area contributed by atoms with E-state index >= 15 is 0 Å². The minimum Gasteiger partial charge on any atom is -0.356 e. The third kappa shape index (κ3) is 1.31. The van der Waals surface area contributed by atoms with Crippen molar-refractivity contribution in [1.82, 2.24) is 5.16 Å². The molecule has 0 aliphatic heterocycles. The van der Waals surface area contributed by atoms with Crippen LogP contribution < -0.4 is 0 Å². The molecule has 71 valence electrons. The van der Waals surface area contributed by atoms with Gasteiger partial charge in [0, 0.05) is 0 Å². The lowest BCUT2D eigenvalue weighted by atomic mass is 10.0. The second-order valence-corrected chi connectivity index (χ2v) is 3.34. The van der Waals surface area contributed by atoms with E-state index in [1.54, 1.807) is 0 Å². The number of aromatic nitrogens is 1. The zero-order valence-electron chi connectivity index (χ0n) is 7.97. The molecule has 0 fully saturated rings. The number of hydrogen-bond donors (Lipinski definition) is 0. The molecule has 2 heteroatoms. The van der Waals surface area contributed by atoms with Crippen LogP contribution in [-0.2, 0) is 0 Å². The lowest BCUT2D eigenvalue weighted by Gasteiger charge is -2.00. The van der Waals surface area contributed by atoms with Gasteiger partial charge in [-0.15, -0.1) is 0 Å². The summed E-state index contributed by atoms with van der Waals surface area (Å²) in [5.74, 6) is 0. The molecule has 15 heavy (non-hydrogen) atoms. The Hall–Kier alpha value is -2.09. The predicted molar refractivity (Wildman–Crippen MR) is 58.3 cm³/mol. The quantitative estimate of drug-likeness (QED) is 0.594. The van der Waals surface area contributed by atoms with E-state index in [9.17, 15) is 0 Å². The van der Waals surface area contributed by atoms with Crippen molar-refractivity contribution in [3.05, 3.63) is 54.7 Å². The van der Waals surface area contributed by atoms with Crippen molar-refractivity contribution in [3.8, 4) is 11.1 Å². The molecule has 0 bridgehead atoms. The molecule has 3 rings (SSSR count). The number of fused-ring (bicyclic) bond motifs is 1. The molecule has 0 saturated carbocycles. The summed E-state index contributed by atoms with van der Waals surface area (Å²) in [6.45, 7) is 0. The van der Waals surface area contributed by atoms with Crippen LogP contribution in [-0.4, -0.2) is 5.16 Å². The van der Waals surface area contributed by atoms with Gasteiger partial charge in [-0.05, 0) is 17.2 Å². The first-order valence-corrected chi connectivity index (χ1v) is 4.77. The van der Waals surface area contributed by atoms with Gasteiger partial charge in [0.2, 0.25) is 0 Å². The molecule has 2 aromatic carbocycles. The van der Waals surface area contributed by atoms with Crippen LogP contribution in [0, 0.1) is 6.20 Å². The standard InChI is InChI=1S/C13H8NO/c1-2-5-10(6-3-1)11-7-4-8-13-12(11)9-14-15-13/h1-8H. The van der Waals surface area contributed by atoms with E-state index < -0.39 is 0 Å². The van der Waals surface area contributed by atoms with Crippen molar-refractivity contribution in [1.29, 1.82) is 0 Å². The van der Waals surface area contributed by atoms with E-state index in [2.05, 4.69) is 23.5 Å². The molecular formula is C13H8NO. The van der Waals surface area contributed by atoms with Crippen molar-refractivity contribution in [2.24, 2.45) is 0 Å². The Morgan fingerprint density at radius 1 is 0.933 bits per heavy atom. The molecule has 0 aliphatic rings. The highest BCUT2D eigenvalue weighted by Crippen LogP contribution is 2.27. The van der Waals surface area contributed by atoms with Crippen molar-refractivity contribution >= 4 is 11.0 Å². The largest absolute Gasteiger partial charge is 0.356 e. The minimum absolute atomic E-state index is 0.774. The molecule has 1 radical (unpaired) electrons.